The Morgan fingerprint density at radius 3 is 2.35 bits per heavy atom. The smallest absolute Gasteiger partial charge is 0.410 e. The minimum absolute atomic E-state index is 0.145. The number of hydrogen-bond donors (Lipinski definition) is 0. The van der Waals surface area contributed by atoms with Crippen LogP contribution in [0.2, 0.25) is 0 Å². The van der Waals surface area contributed by atoms with Gasteiger partial charge in [-0.15, -0.1) is 0 Å². The molecule has 5 nitrogen and oxygen atoms in total. The lowest BCUT2D eigenvalue weighted by molar-refractivity contribution is 0.0114. The van der Waals surface area contributed by atoms with Crippen LogP contribution in [0.4, 0.5) is 4.79 Å². The zero-order valence-corrected chi connectivity index (χ0v) is 17.2. The van der Waals surface area contributed by atoms with Gasteiger partial charge in [0.2, 0.25) is 0 Å². The van der Waals surface area contributed by atoms with E-state index in [4.69, 9.17) is 4.74 Å². The van der Waals surface area contributed by atoms with E-state index in [-0.39, 0.29) is 11.9 Å². The summed E-state index contributed by atoms with van der Waals surface area (Å²) in [5.41, 5.74) is 0.816. The highest BCUT2D eigenvalue weighted by molar-refractivity contribution is 7.70. The molecule has 0 radical (unpaired) electrons. The van der Waals surface area contributed by atoms with Gasteiger partial charge in [-0.25, -0.2) is 4.79 Å². The normalized spacial score (nSPS) is 19.6. The third-order valence-corrected chi connectivity index (χ3v) is 6.86. The number of ether oxygens (including phenoxy) is 1. The fourth-order valence-corrected chi connectivity index (χ4v) is 4.72. The number of amides is 1. The summed E-state index contributed by atoms with van der Waals surface area (Å²) in [7, 11) is -2.39. The zero-order valence-electron chi connectivity index (χ0n) is 16.3. The van der Waals surface area contributed by atoms with E-state index in [0.29, 0.717) is 32.4 Å². The molecule has 1 fully saturated rings. The van der Waals surface area contributed by atoms with Crippen molar-refractivity contribution in [3.05, 3.63) is 29.3 Å². The van der Waals surface area contributed by atoms with Gasteiger partial charge in [0.25, 0.3) is 0 Å². The Hall–Kier alpha value is -1.61. The van der Waals surface area contributed by atoms with Crippen molar-refractivity contribution < 1.29 is 18.9 Å². The second kappa shape index (κ2) is 6.23. The fourth-order valence-electron chi connectivity index (χ4n) is 3.84. The van der Waals surface area contributed by atoms with Crippen molar-refractivity contribution in [2.45, 2.75) is 45.6 Å². The Morgan fingerprint density at radius 2 is 1.81 bits per heavy atom. The summed E-state index contributed by atoms with van der Waals surface area (Å²) >= 11 is 0. The summed E-state index contributed by atoms with van der Waals surface area (Å²) in [4.78, 5) is 27.1. The summed E-state index contributed by atoms with van der Waals surface area (Å²) in [5.74, 6) is 0.145. The first kappa shape index (κ1) is 19.2. The number of ketones is 1. The van der Waals surface area contributed by atoms with Gasteiger partial charge in [-0.05, 0) is 65.0 Å². The monoisotopic (exact) mass is 377 g/mol. The van der Waals surface area contributed by atoms with Crippen LogP contribution in [-0.2, 0) is 15.7 Å². The van der Waals surface area contributed by atoms with Gasteiger partial charge >= 0.3 is 6.09 Å². The number of piperidine rings is 1. The predicted molar refractivity (Wildman–Crippen MR) is 103 cm³/mol. The molecule has 1 aliphatic heterocycles. The van der Waals surface area contributed by atoms with Gasteiger partial charge in [-0.1, -0.05) is 12.1 Å². The molecule has 6 heteroatoms. The number of nitrogens with zero attached hydrogens (tertiary/aromatic N) is 1. The van der Waals surface area contributed by atoms with Gasteiger partial charge in [0.05, 0.1) is 0 Å². The summed E-state index contributed by atoms with van der Waals surface area (Å²) in [6, 6.07) is 5.67. The Bertz CT molecular complexity index is 795. The van der Waals surface area contributed by atoms with Gasteiger partial charge in [-0.2, -0.15) is 0 Å². The first-order valence-corrected chi connectivity index (χ1v) is 11.7. The topological polar surface area (TPSA) is 63.7 Å². The Morgan fingerprint density at radius 1 is 1.19 bits per heavy atom. The van der Waals surface area contributed by atoms with Crippen molar-refractivity contribution in [1.82, 2.24) is 4.90 Å². The quantitative estimate of drug-likeness (QED) is 0.700. The minimum Gasteiger partial charge on any atom is -0.444 e. The number of hydrogen-bond acceptors (Lipinski definition) is 4. The minimum atomic E-state index is -2.39. The molecule has 26 heavy (non-hydrogen) atoms. The second-order valence-corrected chi connectivity index (χ2v) is 12.2. The maximum Gasteiger partial charge on any atom is 0.410 e. The van der Waals surface area contributed by atoms with E-state index < -0.39 is 18.2 Å². The van der Waals surface area contributed by atoms with Crippen LogP contribution in [-0.4, -0.2) is 48.8 Å². The SMILES string of the molecule is CC(C)(C)OC(=O)N1CCC2(CC1)Cc1ccc(P(C)(C)=O)cc1C2=O. The van der Waals surface area contributed by atoms with Crippen molar-refractivity contribution in [2.24, 2.45) is 5.41 Å². The third kappa shape index (κ3) is 3.59. The molecule has 142 valence electrons. The Kier molecular flexibility index (Phi) is 4.59. The molecule has 0 bridgehead atoms. The van der Waals surface area contributed by atoms with Crippen molar-refractivity contribution in [3.8, 4) is 0 Å². The van der Waals surface area contributed by atoms with Crippen LogP contribution in [0.15, 0.2) is 18.2 Å². The lowest BCUT2D eigenvalue weighted by Gasteiger charge is -2.38. The number of benzene rings is 1. The van der Waals surface area contributed by atoms with Gasteiger partial charge in [-0.3, -0.25) is 4.79 Å². The first-order chi connectivity index (χ1) is 11.9. The van der Waals surface area contributed by atoms with E-state index in [9.17, 15) is 14.2 Å². The predicted octanol–water partition coefficient (Wildman–Crippen LogP) is 3.69. The van der Waals surface area contributed by atoms with Crippen LogP contribution in [0.3, 0.4) is 0 Å². The van der Waals surface area contributed by atoms with E-state index in [1.807, 2.05) is 39.0 Å². The highest BCUT2D eigenvalue weighted by Gasteiger charge is 2.48. The second-order valence-electron chi connectivity index (χ2n) is 8.95. The molecule has 3 rings (SSSR count). The summed E-state index contributed by atoms with van der Waals surface area (Å²) in [6.45, 7) is 10.1. The molecule has 1 heterocycles. The van der Waals surface area contributed by atoms with Crippen LogP contribution in [0, 0.1) is 5.41 Å². The molecule has 0 saturated carbocycles. The molecular formula is C20H28NO4P. The summed E-state index contributed by atoms with van der Waals surface area (Å²) < 4.78 is 17.8. The number of carbonyl (C=O) groups is 2. The van der Waals surface area contributed by atoms with E-state index >= 15 is 0 Å². The number of carbonyl (C=O) groups excluding carboxylic acids is 2. The van der Waals surface area contributed by atoms with Gasteiger partial charge in [0.1, 0.15) is 12.7 Å². The van der Waals surface area contributed by atoms with Crippen LogP contribution in [0.1, 0.15) is 49.5 Å². The number of fused-ring (bicyclic) bond motifs is 1. The lowest BCUT2D eigenvalue weighted by atomic mass is 9.75. The number of likely N-dealkylation sites (tertiary alicyclic amines) is 1. The largest absolute Gasteiger partial charge is 0.444 e. The fraction of sp³-hybridized carbons (Fsp3) is 0.600. The highest BCUT2D eigenvalue weighted by atomic mass is 31.2. The number of Topliss-reactive ketones (excluding diaryl/α,β-unsaturated/α-hetero) is 1. The molecule has 1 aromatic carbocycles. The molecule has 0 unspecified atom stereocenters. The molecule has 2 aliphatic rings. The highest BCUT2D eigenvalue weighted by Crippen LogP contribution is 2.45. The molecule has 1 amide bonds. The van der Waals surface area contributed by atoms with E-state index in [0.717, 1.165) is 16.4 Å². The Balaban J connectivity index is 1.75. The van der Waals surface area contributed by atoms with Gasteiger partial charge < -0.3 is 14.2 Å². The van der Waals surface area contributed by atoms with E-state index in [1.54, 1.807) is 18.2 Å². The van der Waals surface area contributed by atoms with E-state index in [1.165, 1.54) is 0 Å². The summed E-state index contributed by atoms with van der Waals surface area (Å²) in [5, 5.41) is 0.757. The molecule has 1 aliphatic carbocycles. The standard InChI is InChI=1S/C20H28NO4P/c1-19(2,3)25-18(23)21-10-8-20(9-11-21)13-14-6-7-15(26(4,5)24)12-16(14)17(20)22/h6-7,12H,8-11,13H2,1-5H3. The van der Waals surface area contributed by atoms with Crippen molar-refractivity contribution in [3.63, 3.8) is 0 Å². The van der Waals surface area contributed by atoms with Gasteiger partial charge in [0, 0.05) is 29.4 Å². The molecule has 1 spiro atoms. The molecular weight excluding hydrogens is 349 g/mol. The zero-order chi connectivity index (χ0) is 19.3. The lowest BCUT2D eigenvalue weighted by Crippen LogP contribution is -2.47. The van der Waals surface area contributed by atoms with Crippen LogP contribution >= 0.6 is 7.14 Å². The maximum absolute atomic E-state index is 13.1. The van der Waals surface area contributed by atoms with Crippen molar-refractivity contribution >= 4 is 24.3 Å². The molecule has 0 N–H and O–H groups in total. The van der Waals surface area contributed by atoms with Gasteiger partial charge in [0.15, 0.2) is 5.78 Å². The molecule has 0 atom stereocenters. The van der Waals surface area contributed by atoms with Crippen LogP contribution in [0.5, 0.6) is 0 Å². The van der Waals surface area contributed by atoms with Crippen LogP contribution in [0.25, 0.3) is 0 Å². The van der Waals surface area contributed by atoms with Crippen LogP contribution < -0.4 is 5.30 Å². The Labute approximate surface area is 155 Å². The average molecular weight is 377 g/mol. The first-order valence-electron chi connectivity index (χ1n) is 9.13. The molecule has 1 aromatic rings. The van der Waals surface area contributed by atoms with Crippen molar-refractivity contribution in [2.75, 3.05) is 26.4 Å². The maximum atomic E-state index is 13.1. The number of rotatable bonds is 1. The van der Waals surface area contributed by atoms with Crippen molar-refractivity contribution in [1.29, 1.82) is 0 Å². The molecule has 0 aromatic heterocycles. The van der Waals surface area contributed by atoms with E-state index in [2.05, 4.69) is 0 Å². The average Bonchev–Trinajstić information content (AvgIpc) is 2.77. The third-order valence-electron chi connectivity index (χ3n) is 5.34. The molecule has 1 saturated heterocycles. The summed E-state index contributed by atoms with van der Waals surface area (Å²) in [6.07, 6.45) is 1.69.